The number of piperidine rings is 1. The van der Waals surface area contributed by atoms with Crippen molar-refractivity contribution in [1.29, 1.82) is 0 Å². The van der Waals surface area contributed by atoms with E-state index in [1.54, 1.807) is 0 Å². The molecule has 1 fully saturated rings. The van der Waals surface area contributed by atoms with Crippen LogP contribution in [0.25, 0.3) is 0 Å². The second kappa shape index (κ2) is 6.28. The van der Waals surface area contributed by atoms with Crippen molar-refractivity contribution >= 4 is 33.4 Å². The molecule has 118 valence electrons. The van der Waals surface area contributed by atoms with Crippen LogP contribution in [0, 0.1) is 5.92 Å². The number of anilines is 1. The van der Waals surface area contributed by atoms with Gasteiger partial charge in [-0.25, -0.2) is 0 Å². The molecule has 5 nitrogen and oxygen atoms in total. The molecule has 6 heteroatoms. The van der Waals surface area contributed by atoms with E-state index in [0.29, 0.717) is 17.4 Å². The summed E-state index contributed by atoms with van der Waals surface area (Å²) in [6.45, 7) is 3.79. The van der Waals surface area contributed by atoms with Crippen LogP contribution in [0.15, 0.2) is 22.7 Å². The first-order valence-corrected chi connectivity index (χ1v) is 8.34. The van der Waals surface area contributed by atoms with Gasteiger partial charge in [0.2, 0.25) is 5.91 Å². The Balaban J connectivity index is 1.77. The van der Waals surface area contributed by atoms with E-state index < -0.39 is 0 Å². The molecular weight excluding hydrogens is 348 g/mol. The van der Waals surface area contributed by atoms with Crippen LogP contribution in [-0.4, -0.2) is 43.0 Å². The summed E-state index contributed by atoms with van der Waals surface area (Å²) in [5.41, 5.74) is 0.665. The van der Waals surface area contributed by atoms with Gasteiger partial charge in [0, 0.05) is 17.6 Å². The number of amides is 2. The molecule has 0 aliphatic carbocycles. The summed E-state index contributed by atoms with van der Waals surface area (Å²) in [6, 6.07) is 5.48. The van der Waals surface area contributed by atoms with Crippen molar-refractivity contribution in [2.24, 2.45) is 5.92 Å². The van der Waals surface area contributed by atoms with Gasteiger partial charge >= 0.3 is 0 Å². The zero-order valence-electron chi connectivity index (χ0n) is 12.5. The fourth-order valence-corrected chi connectivity index (χ4v) is 3.34. The molecule has 2 amide bonds. The summed E-state index contributed by atoms with van der Waals surface area (Å²) in [7, 11) is 0. The van der Waals surface area contributed by atoms with E-state index in [1.807, 2.05) is 23.1 Å². The minimum absolute atomic E-state index is 0.00988. The lowest BCUT2D eigenvalue weighted by atomic mass is 10.0. The molecule has 3 rings (SSSR count). The number of ether oxygens (including phenoxy) is 1. The molecular formula is C16H19BrN2O3. The van der Waals surface area contributed by atoms with Crippen molar-refractivity contribution in [3.05, 3.63) is 22.7 Å². The number of carbonyl (C=O) groups is 2. The van der Waals surface area contributed by atoms with Crippen LogP contribution in [0.5, 0.6) is 5.75 Å². The summed E-state index contributed by atoms with van der Waals surface area (Å²) >= 11 is 3.39. The Bertz CT molecular complexity index is 605. The second-order valence-corrected chi connectivity index (χ2v) is 6.88. The van der Waals surface area contributed by atoms with Gasteiger partial charge in [-0.3, -0.25) is 14.5 Å². The Hall–Kier alpha value is -1.56. The van der Waals surface area contributed by atoms with Gasteiger partial charge < -0.3 is 9.64 Å². The molecule has 0 saturated carbocycles. The fourth-order valence-electron chi connectivity index (χ4n) is 3.00. The van der Waals surface area contributed by atoms with Gasteiger partial charge in [-0.15, -0.1) is 0 Å². The number of hydrogen-bond acceptors (Lipinski definition) is 3. The number of likely N-dealkylation sites (tertiary alicyclic amines) is 1. The minimum atomic E-state index is -0.173. The monoisotopic (exact) mass is 366 g/mol. The first-order chi connectivity index (χ1) is 10.5. The molecule has 0 bridgehead atoms. The van der Waals surface area contributed by atoms with E-state index in [1.165, 1.54) is 4.90 Å². The normalized spacial score (nSPS) is 21.4. The molecule has 0 aromatic heterocycles. The molecule has 2 aliphatic heterocycles. The Morgan fingerprint density at radius 2 is 2.27 bits per heavy atom. The maximum absolute atomic E-state index is 12.5. The highest BCUT2D eigenvalue weighted by Gasteiger charge is 2.30. The van der Waals surface area contributed by atoms with Crippen molar-refractivity contribution < 1.29 is 14.3 Å². The molecule has 1 atom stereocenters. The number of nitrogens with zero attached hydrogens (tertiary/aromatic N) is 2. The Morgan fingerprint density at radius 3 is 3.05 bits per heavy atom. The predicted molar refractivity (Wildman–Crippen MR) is 87.0 cm³/mol. The molecule has 2 heterocycles. The molecule has 0 N–H and O–H groups in total. The van der Waals surface area contributed by atoms with E-state index in [2.05, 4.69) is 22.9 Å². The van der Waals surface area contributed by atoms with Gasteiger partial charge in [-0.05, 0) is 37.0 Å². The molecule has 1 aromatic carbocycles. The lowest BCUT2D eigenvalue weighted by Crippen LogP contribution is -2.48. The zero-order valence-corrected chi connectivity index (χ0v) is 14.1. The van der Waals surface area contributed by atoms with Crippen molar-refractivity contribution in [2.75, 3.05) is 31.1 Å². The van der Waals surface area contributed by atoms with Gasteiger partial charge in [0.05, 0.1) is 5.69 Å². The maximum atomic E-state index is 12.5. The highest BCUT2D eigenvalue weighted by molar-refractivity contribution is 9.10. The molecule has 0 spiro atoms. The van der Waals surface area contributed by atoms with Gasteiger partial charge in [-0.1, -0.05) is 22.9 Å². The van der Waals surface area contributed by atoms with Gasteiger partial charge in [0.15, 0.2) is 6.61 Å². The summed E-state index contributed by atoms with van der Waals surface area (Å²) < 4.78 is 6.33. The lowest BCUT2D eigenvalue weighted by Gasteiger charge is -2.34. The number of fused-ring (bicyclic) bond motifs is 1. The third kappa shape index (κ3) is 3.11. The van der Waals surface area contributed by atoms with Crippen LogP contribution in [-0.2, 0) is 9.59 Å². The number of hydrogen-bond donors (Lipinski definition) is 0. The second-order valence-electron chi connectivity index (χ2n) is 5.97. The van der Waals surface area contributed by atoms with E-state index >= 15 is 0 Å². The summed E-state index contributed by atoms with van der Waals surface area (Å²) in [5, 5.41) is 0. The number of halogens is 1. The van der Waals surface area contributed by atoms with Crippen LogP contribution in [0.4, 0.5) is 5.69 Å². The van der Waals surface area contributed by atoms with Crippen molar-refractivity contribution in [2.45, 2.75) is 19.8 Å². The third-order valence-electron chi connectivity index (χ3n) is 4.17. The first kappa shape index (κ1) is 15.3. The topological polar surface area (TPSA) is 49.9 Å². The van der Waals surface area contributed by atoms with Gasteiger partial charge in [0.1, 0.15) is 12.3 Å². The average Bonchev–Trinajstić information content (AvgIpc) is 2.50. The van der Waals surface area contributed by atoms with Gasteiger partial charge in [0.25, 0.3) is 5.91 Å². The smallest absolute Gasteiger partial charge is 0.265 e. The number of benzene rings is 1. The van der Waals surface area contributed by atoms with Crippen LogP contribution in [0.3, 0.4) is 0 Å². The maximum Gasteiger partial charge on any atom is 0.265 e. The van der Waals surface area contributed by atoms with Crippen LogP contribution < -0.4 is 9.64 Å². The number of carbonyl (C=O) groups excluding carboxylic acids is 2. The molecule has 22 heavy (non-hydrogen) atoms. The van der Waals surface area contributed by atoms with Gasteiger partial charge in [-0.2, -0.15) is 0 Å². The summed E-state index contributed by atoms with van der Waals surface area (Å²) in [5.74, 6) is 0.999. The SMILES string of the molecule is CC1CCCN(C(=O)CN2C(=O)COc3cc(Br)ccc32)C1. The quantitative estimate of drug-likeness (QED) is 0.807. The van der Waals surface area contributed by atoms with E-state index in [-0.39, 0.29) is 25.0 Å². The fraction of sp³-hybridized carbons (Fsp3) is 0.500. The van der Waals surface area contributed by atoms with Crippen LogP contribution in [0.1, 0.15) is 19.8 Å². The Labute approximate surface area is 138 Å². The van der Waals surface area contributed by atoms with Crippen molar-refractivity contribution in [3.8, 4) is 5.75 Å². The molecule has 1 aromatic rings. The highest BCUT2D eigenvalue weighted by Crippen LogP contribution is 2.34. The lowest BCUT2D eigenvalue weighted by molar-refractivity contribution is -0.133. The molecule has 1 saturated heterocycles. The van der Waals surface area contributed by atoms with E-state index in [4.69, 9.17) is 4.74 Å². The molecule has 2 aliphatic rings. The minimum Gasteiger partial charge on any atom is -0.482 e. The summed E-state index contributed by atoms with van der Waals surface area (Å²) in [4.78, 5) is 28.1. The Morgan fingerprint density at radius 1 is 1.45 bits per heavy atom. The first-order valence-electron chi connectivity index (χ1n) is 7.55. The van der Waals surface area contributed by atoms with Crippen molar-refractivity contribution in [3.63, 3.8) is 0 Å². The number of rotatable bonds is 2. The summed E-state index contributed by atoms with van der Waals surface area (Å²) in [6.07, 6.45) is 2.20. The van der Waals surface area contributed by atoms with E-state index in [9.17, 15) is 9.59 Å². The average molecular weight is 367 g/mol. The predicted octanol–water partition coefficient (Wildman–Crippen LogP) is 2.43. The highest BCUT2D eigenvalue weighted by atomic mass is 79.9. The van der Waals surface area contributed by atoms with Crippen molar-refractivity contribution in [1.82, 2.24) is 4.90 Å². The molecule has 0 radical (unpaired) electrons. The molecule has 1 unspecified atom stereocenters. The Kier molecular flexibility index (Phi) is 4.38. The standard InChI is InChI=1S/C16H19BrN2O3/c1-11-3-2-6-18(8-11)15(20)9-19-13-5-4-12(17)7-14(13)22-10-16(19)21/h4-5,7,11H,2-3,6,8-10H2,1H3. The third-order valence-corrected chi connectivity index (χ3v) is 4.66. The van der Waals surface area contributed by atoms with E-state index in [0.717, 1.165) is 30.4 Å². The largest absolute Gasteiger partial charge is 0.482 e. The van der Waals surface area contributed by atoms with Crippen LogP contribution >= 0.6 is 15.9 Å². The van der Waals surface area contributed by atoms with Crippen LogP contribution in [0.2, 0.25) is 0 Å². The zero-order chi connectivity index (χ0) is 15.7.